The van der Waals surface area contributed by atoms with Crippen LogP contribution in [-0.4, -0.2) is 35.2 Å². The summed E-state index contributed by atoms with van der Waals surface area (Å²) in [6.07, 6.45) is 3.00. The minimum atomic E-state index is -1.07. The Bertz CT molecular complexity index is 319. The average Bonchev–Trinajstić information content (AvgIpc) is 2.31. The van der Waals surface area contributed by atoms with E-state index in [4.69, 9.17) is 4.74 Å². The van der Waals surface area contributed by atoms with Crippen molar-refractivity contribution in [3.05, 3.63) is 0 Å². The lowest BCUT2D eigenvalue weighted by atomic mass is 9.77. The summed E-state index contributed by atoms with van der Waals surface area (Å²) in [4.78, 5) is 23.3. The second-order valence-corrected chi connectivity index (χ2v) is 5.79. The molecule has 0 aromatic carbocycles. The minimum absolute atomic E-state index is 0.0803. The van der Waals surface area contributed by atoms with Crippen LogP contribution in [0.1, 0.15) is 52.9 Å². The molecule has 0 saturated heterocycles. The van der Waals surface area contributed by atoms with Gasteiger partial charge in [0.1, 0.15) is 5.54 Å². The van der Waals surface area contributed by atoms with E-state index in [1.807, 2.05) is 13.8 Å². The Morgan fingerprint density at radius 2 is 1.95 bits per heavy atom. The van der Waals surface area contributed by atoms with Gasteiger partial charge in [0.05, 0.1) is 12.7 Å². The predicted octanol–water partition coefficient (Wildman–Crippen LogP) is 1.95. The zero-order chi connectivity index (χ0) is 14.5. The van der Waals surface area contributed by atoms with Crippen molar-refractivity contribution in [3.63, 3.8) is 0 Å². The molecule has 110 valence electrons. The zero-order valence-corrected chi connectivity index (χ0v) is 12.1. The van der Waals surface area contributed by atoms with Gasteiger partial charge in [-0.2, -0.15) is 0 Å². The lowest BCUT2D eigenvalue weighted by Gasteiger charge is -2.36. The van der Waals surface area contributed by atoms with Gasteiger partial charge in [0.15, 0.2) is 0 Å². The molecule has 1 fully saturated rings. The molecule has 5 nitrogen and oxygen atoms in total. The van der Waals surface area contributed by atoms with E-state index >= 15 is 0 Å². The van der Waals surface area contributed by atoms with Gasteiger partial charge in [-0.25, -0.2) is 4.79 Å². The molecule has 0 atom stereocenters. The van der Waals surface area contributed by atoms with Gasteiger partial charge in [-0.05, 0) is 45.4 Å². The van der Waals surface area contributed by atoms with E-state index in [0.717, 1.165) is 12.8 Å². The zero-order valence-electron chi connectivity index (χ0n) is 12.1. The highest BCUT2D eigenvalue weighted by Crippen LogP contribution is 2.32. The van der Waals surface area contributed by atoms with E-state index < -0.39 is 11.5 Å². The van der Waals surface area contributed by atoms with E-state index in [1.54, 1.807) is 0 Å². The van der Waals surface area contributed by atoms with Crippen molar-refractivity contribution < 1.29 is 19.4 Å². The van der Waals surface area contributed by atoms with E-state index in [1.165, 1.54) is 0 Å². The first kappa shape index (κ1) is 16.0. The summed E-state index contributed by atoms with van der Waals surface area (Å²) in [5.41, 5.74) is -1.07. The third kappa shape index (κ3) is 4.82. The molecule has 1 aliphatic carbocycles. The Morgan fingerprint density at radius 1 is 1.37 bits per heavy atom. The number of carboxylic acid groups (broad SMARTS) is 1. The van der Waals surface area contributed by atoms with Gasteiger partial charge in [-0.3, -0.25) is 4.79 Å². The number of hydrogen-bond acceptors (Lipinski definition) is 3. The molecule has 5 heteroatoms. The molecule has 0 aromatic rings. The van der Waals surface area contributed by atoms with Crippen LogP contribution in [-0.2, 0) is 14.3 Å². The fourth-order valence-electron chi connectivity index (χ4n) is 2.36. The van der Waals surface area contributed by atoms with Gasteiger partial charge >= 0.3 is 5.97 Å². The Hall–Kier alpha value is -1.10. The lowest BCUT2D eigenvalue weighted by molar-refractivity contribution is -0.150. The molecule has 0 radical (unpaired) electrons. The molecular formula is C14H25NO4. The first-order valence-corrected chi connectivity index (χ1v) is 7.02. The maximum atomic E-state index is 11.8. The third-order valence-electron chi connectivity index (χ3n) is 3.70. The summed E-state index contributed by atoms with van der Waals surface area (Å²) in [7, 11) is 0. The topological polar surface area (TPSA) is 75.6 Å². The molecule has 0 aliphatic heterocycles. The van der Waals surface area contributed by atoms with Crippen molar-refractivity contribution in [3.8, 4) is 0 Å². The van der Waals surface area contributed by atoms with Crippen LogP contribution in [0.15, 0.2) is 0 Å². The van der Waals surface area contributed by atoms with Crippen molar-refractivity contribution in [2.45, 2.75) is 64.5 Å². The average molecular weight is 271 g/mol. The molecule has 0 heterocycles. The monoisotopic (exact) mass is 271 g/mol. The number of carbonyl (C=O) groups excluding carboxylic acids is 1. The van der Waals surface area contributed by atoms with Gasteiger partial charge in [0, 0.05) is 6.42 Å². The predicted molar refractivity (Wildman–Crippen MR) is 71.8 cm³/mol. The van der Waals surface area contributed by atoms with Crippen LogP contribution in [0.25, 0.3) is 0 Å². The summed E-state index contributed by atoms with van der Waals surface area (Å²) < 4.78 is 5.30. The van der Waals surface area contributed by atoms with Crippen LogP contribution in [0.4, 0.5) is 0 Å². The highest BCUT2D eigenvalue weighted by molar-refractivity contribution is 5.87. The van der Waals surface area contributed by atoms with Crippen molar-refractivity contribution in [2.24, 2.45) is 5.92 Å². The molecule has 0 aromatic heterocycles. The molecule has 2 N–H and O–H groups in total. The Balaban J connectivity index is 2.50. The molecule has 1 rings (SSSR count). The number of nitrogens with one attached hydrogen (secondary N) is 1. The maximum Gasteiger partial charge on any atom is 0.329 e. The fourth-order valence-corrected chi connectivity index (χ4v) is 2.36. The minimum Gasteiger partial charge on any atom is -0.480 e. The number of carboxylic acids is 1. The first-order valence-electron chi connectivity index (χ1n) is 7.02. The quantitative estimate of drug-likeness (QED) is 0.774. The number of rotatable bonds is 6. The number of aliphatic carboxylic acids is 1. The van der Waals surface area contributed by atoms with Crippen molar-refractivity contribution >= 4 is 11.9 Å². The number of amides is 1. The Labute approximate surface area is 114 Å². The van der Waals surface area contributed by atoms with E-state index in [-0.39, 0.29) is 18.4 Å². The van der Waals surface area contributed by atoms with Gasteiger partial charge < -0.3 is 15.2 Å². The maximum absolute atomic E-state index is 11.8. The van der Waals surface area contributed by atoms with Gasteiger partial charge in [0.2, 0.25) is 5.91 Å². The molecule has 0 unspecified atom stereocenters. The molecule has 19 heavy (non-hydrogen) atoms. The van der Waals surface area contributed by atoms with Crippen LogP contribution in [0.5, 0.6) is 0 Å². The van der Waals surface area contributed by atoms with Gasteiger partial charge in [0.25, 0.3) is 0 Å². The smallest absolute Gasteiger partial charge is 0.329 e. The molecule has 1 aliphatic rings. The second kappa shape index (κ2) is 6.89. The SMILES string of the molecule is CC1CCC(NC(=O)CCOC(C)C)(C(=O)O)CC1. The summed E-state index contributed by atoms with van der Waals surface area (Å²) in [5.74, 6) is -0.621. The van der Waals surface area contributed by atoms with E-state index in [0.29, 0.717) is 25.4 Å². The number of hydrogen-bond donors (Lipinski definition) is 2. The molecular weight excluding hydrogens is 246 g/mol. The molecule has 0 bridgehead atoms. The largest absolute Gasteiger partial charge is 0.480 e. The second-order valence-electron chi connectivity index (χ2n) is 5.79. The number of ether oxygens (including phenoxy) is 1. The summed E-state index contributed by atoms with van der Waals surface area (Å²) in [5, 5.41) is 12.1. The summed E-state index contributed by atoms with van der Waals surface area (Å²) >= 11 is 0. The lowest BCUT2D eigenvalue weighted by Crippen LogP contribution is -2.56. The summed E-state index contributed by atoms with van der Waals surface area (Å²) in [6.45, 7) is 6.25. The van der Waals surface area contributed by atoms with Gasteiger partial charge in [-0.15, -0.1) is 0 Å². The summed E-state index contributed by atoms with van der Waals surface area (Å²) in [6, 6.07) is 0. The van der Waals surface area contributed by atoms with E-state index in [9.17, 15) is 14.7 Å². The van der Waals surface area contributed by atoms with E-state index in [2.05, 4.69) is 12.2 Å². The Morgan fingerprint density at radius 3 is 2.42 bits per heavy atom. The normalized spacial score (nSPS) is 27.3. The Kier molecular flexibility index (Phi) is 5.79. The van der Waals surface area contributed by atoms with Crippen LogP contribution in [0, 0.1) is 5.92 Å². The van der Waals surface area contributed by atoms with Crippen LogP contribution >= 0.6 is 0 Å². The van der Waals surface area contributed by atoms with Crippen molar-refractivity contribution in [2.75, 3.05) is 6.61 Å². The molecule has 0 spiro atoms. The van der Waals surface area contributed by atoms with Crippen LogP contribution in [0.3, 0.4) is 0 Å². The number of carbonyl (C=O) groups is 2. The molecule has 1 saturated carbocycles. The standard InChI is InChI=1S/C14H25NO4/c1-10(2)19-9-6-12(16)15-14(13(17)18)7-4-11(3)5-8-14/h10-11H,4-9H2,1-3H3,(H,15,16)(H,17,18). The van der Waals surface area contributed by atoms with Crippen molar-refractivity contribution in [1.29, 1.82) is 0 Å². The highest BCUT2D eigenvalue weighted by atomic mass is 16.5. The fraction of sp³-hybridized carbons (Fsp3) is 0.857. The van der Waals surface area contributed by atoms with Gasteiger partial charge in [-0.1, -0.05) is 6.92 Å². The van der Waals surface area contributed by atoms with Crippen molar-refractivity contribution in [1.82, 2.24) is 5.32 Å². The van der Waals surface area contributed by atoms with Crippen LogP contribution in [0.2, 0.25) is 0 Å². The molecule has 1 amide bonds. The van der Waals surface area contributed by atoms with Crippen LogP contribution < -0.4 is 5.32 Å². The third-order valence-corrected chi connectivity index (χ3v) is 3.70. The highest BCUT2D eigenvalue weighted by Gasteiger charge is 2.42. The first-order chi connectivity index (χ1) is 8.85.